The number of benzene rings is 1. The van der Waals surface area contributed by atoms with Crippen molar-refractivity contribution in [2.24, 2.45) is 0 Å². The Balaban J connectivity index is 2.19. The Morgan fingerprint density at radius 2 is 2.06 bits per heavy atom. The SMILES string of the molecule is C#CCCCC(=O)c1ccc2ccccc2n1. The van der Waals surface area contributed by atoms with E-state index in [-0.39, 0.29) is 5.78 Å². The first-order valence-electron chi connectivity index (χ1n) is 5.64. The van der Waals surface area contributed by atoms with Gasteiger partial charge < -0.3 is 0 Å². The lowest BCUT2D eigenvalue weighted by Crippen LogP contribution is -2.01. The molecule has 1 aromatic heterocycles. The Morgan fingerprint density at radius 3 is 2.88 bits per heavy atom. The second-order valence-electron chi connectivity index (χ2n) is 3.87. The molecule has 0 radical (unpaired) electrons. The van der Waals surface area contributed by atoms with Gasteiger partial charge in [0.05, 0.1) is 5.52 Å². The third-order valence-corrected chi connectivity index (χ3v) is 2.61. The number of carbonyl (C=O) groups is 1. The monoisotopic (exact) mass is 223 g/mol. The van der Waals surface area contributed by atoms with Gasteiger partial charge in [-0.3, -0.25) is 4.79 Å². The van der Waals surface area contributed by atoms with Gasteiger partial charge in [-0.05, 0) is 18.6 Å². The second-order valence-corrected chi connectivity index (χ2v) is 3.87. The Labute approximate surface area is 101 Å². The molecule has 0 aliphatic carbocycles. The van der Waals surface area contributed by atoms with Gasteiger partial charge in [-0.2, -0.15) is 0 Å². The molecule has 0 atom stereocenters. The minimum absolute atomic E-state index is 0.0611. The molecule has 0 spiro atoms. The molecule has 2 heteroatoms. The van der Waals surface area contributed by atoms with Gasteiger partial charge in [-0.1, -0.05) is 24.3 Å². The van der Waals surface area contributed by atoms with Crippen LogP contribution in [0.1, 0.15) is 29.8 Å². The van der Waals surface area contributed by atoms with Crippen molar-refractivity contribution in [2.75, 3.05) is 0 Å². The lowest BCUT2D eigenvalue weighted by molar-refractivity contribution is 0.0976. The fraction of sp³-hybridized carbons (Fsp3) is 0.200. The number of aromatic nitrogens is 1. The summed E-state index contributed by atoms with van der Waals surface area (Å²) in [6, 6.07) is 11.5. The molecule has 1 aromatic carbocycles. The molecule has 2 aromatic rings. The van der Waals surface area contributed by atoms with Gasteiger partial charge in [0.1, 0.15) is 5.69 Å². The Hall–Kier alpha value is -2.14. The van der Waals surface area contributed by atoms with Crippen molar-refractivity contribution in [3.63, 3.8) is 0 Å². The predicted octanol–water partition coefficient (Wildman–Crippen LogP) is 3.22. The number of rotatable bonds is 4. The number of Topliss-reactive ketones (excluding diaryl/α,β-unsaturated/α-hetero) is 1. The molecule has 0 bridgehead atoms. The maximum absolute atomic E-state index is 11.8. The highest BCUT2D eigenvalue weighted by Crippen LogP contribution is 2.13. The molecule has 0 saturated heterocycles. The number of para-hydroxylation sites is 1. The van der Waals surface area contributed by atoms with E-state index in [2.05, 4.69) is 10.9 Å². The van der Waals surface area contributed by atoms with E-state index in [0.717, 1.165) is 17.3 Å². The predicted molar refractivity (Wildman–Crippen MR) is 68.8 cm³/mol. The first-order valence-corrected chi connectivity index (χ1v) is 5.64. The van der Waals surface area contributed by atoms with Crippen molar-refractivity contribution in [1.29, 1.82) is 0 Å². The van der Waals surface area contributed by atoms with Gasteiger partial charge in [0.2, 0.25) is 0 Å². The van der Waals surface area contributed by atoms with Crippen molar-refractivity contribution >= 4 is 16.7 Å². The Kier molecular flexibility index (Phi) is 3.52. The largest absolute Gasteiger partial charge is 0.292 e. The van der Waals surface area contributed by atoms with Gasteiger partial charge in [-0.15, -0.1) is 12.3 Å². The summed E-state index contributed by atoms with van der Waals surface area (Å²) in [5, 5.41) is 1.05. The van der Waals surface area contributed by atoms with Crippen LogP contribution in [-0.2, 0) is 0 Å². The van der Waals surface area contributed by atoms with Crippen LogP contribution in [0.25, 0.3) is 10.9 Å². The van der Waals surface area contributed by atoms with Crippen molar-refractivity contribution < 1.29 is 4.79 Å². The molecule has 84 valence electrons. The molecular weight excluding hydrogens is 210 g/mol. The summed E-state index contributed by atoms with van der Waals surface area (Å²) in [6.45, 7) is 0. The molecule has 2 rings (SSSR count). The number of ketones is 1. The average molecular weight is 223 g/mol. The van der Waals surface area contributed by atoms with E-state index in [9.17, 15) is 4.79 Å². The first-order chi connectivity index (χ1) is 8.31. The smallest absolute Gasteiger partial charge is 0.181 e. The van der Waals surface area contributed by atoms with Gasteiger partial charge in [0.25, 0.3) is 0 Å². The quantitative estimate of drug-likeness (QED) is 0.452. The van der Waals surface area contributed by atoms with Crippen LogP contribution in [0.3, 0.4) is 0 Å². The van der Waals surface area contributed by atoms with E-state index < -0.39 is 0 Å². The van der Waals surface area contributed by atoms with E-state index in [4.69, 9.17) is 6.42 Å². The fourth-order valence-electron chi connectivity index (χ4n) is 1.70. The zero-order valence-corrected chi connectivity index (χ0v) is 9.52. The standard InChI is InChI=1S/C15H13NO/c1-2-3-4-9-15(17)14-11-10-12-7-5-6-8-13(12)16-14/h1,5-8,10-11H,3-4,9H2. The number of fused-ring (bicyclic) bond motifs is 1. The van der Waals surface area contributed by atoms with E-state index in [1.807, 2.05) is 30.3 Å². The third kappa shape index (κ3) is 2.70. The Bertz CT molecular complexity index is 581. The lowest BCUT2D eigenvalue weighted by Gasteiger charge is -2.01. The maximum atomic E-state index is 11.8. The van der Waals surface area contributed by atoms with Crippen LogP contribution in [0.2, 0.25) is 0 Å². The van der Waals surface area contributed by atoms with Gasteiger partial charge in [0.15, 0.2) is 5.78 Å². The highest BCUT2D eigenvalue weighted by Gasteiger charge is 2.07. The minimum atomic E-state index is 0.0611. The normalized spacial score (nSPS) is 10.1. The molecule has 0 saturated carbocycles. The highest BCUT2D eigenvalue weighted by molar-refractivity contribution is 5.96. The topological polar surface area (TPSA) is 30.0 Å². The summed E-state index contributed by atoms with van der Waals surface area (Å²) in [7, 11) is 0. The number of hydrogen-bond donors (Lipinski definition) is 0. The number of carbonyl (C=O) groups excluding carboxylic acids is 1. The van der Waals surface area contributed by atoms with Crippen LogP contribution < -0.4 is 0 Å². The minimum Gasteiger partial charge on any atom is -0.292 e. The molecule has 0 fully saturated rings. The molecule has 1 heterocycles. The summed E-state index contributed by atoms with van der Waals surface area (Å²) in [4.78, 5) is 16.2. The maximum Gasteiger partial charge on any atom is 0.181 e. The summed E-state index contributed by atoms with van der Waals surface area (Å²) in [6.07, 6.45) is 6.98. The van der Waals surface area contributed by atoms with Crippen molar-refractivity contribution in [3.8, 4) is 12.3 Å². The Morgan fingerprint density at radius 1 is 1.24 bits per heavy atom. The van der Waals surface area contributed by atoms with E-state index in [1.165, 1.54) is 0 Å². The van der Waals surface area contributed by atoms with Crippen molar-refractivity contribution in [3.05, 3.63) is 42.1 Å². The van der Waals surface area contributed by atoms with Gasteiger partial charge in [0, 0.05) is 18.2 Å². The fourth-order valence-corrected chi connectivity index (χ4v) is 1.70. The number of terminal acetylenes is 1. The third-order valence-electron chi connectivity index (χ3n) is 2.61. The van der Waals surface area contributed by atoms with Crippen LogP contribution >= 0.6 is 0 Å². The lowest BCUT2D eigenvalue weighted by atomic mass is 10.1. The van der Waals surface area contributed by atoms with Crippen LogP contribution in [0.15, 0.2) is 36.4 Å². The first kappa shape index (κ1) is 11.3. The summed E-state index contributed by atoms with van der Waals surface area (Å²) in [5.74, 6) is 2.59. The number of hydrogen-bond acceptors (Lipinski definition) is 2. The summed E-state index contributed by atoms with van der Waals surface area (Å²) >= 11 is 0. The van der Waals surface area contributed by atoms with Gasteiger partial charge in [-0.25, -0.2) is 4.98 Å². The number of nitrogens with zero attached hydrogens (tertiary/aromatic N) is 1. The van der Waals surface area contributed by atoms with Crippen LogP contribution in [0.5, 0.6) is 0 Å². The van der Waals surface area contributed by atoms with Crippen molar-refractivity contribution in [2.45, 2.75) is 19.3 Å². The average Bonchev–Trinajstić information content (AvgIpc) is 2.38. The molecular formula is C15H13NO. The molecule has 0 amide bonds. The van der Waals surface area contributed by atoms with Gasteiger partial charge >= 0.3 is 0 Å². The van der Waals surface area contributed by atoms with Crippen LogP contribution in [0.4, 0.5) is 0 Å². The zero-order chi connectivity index (χ0) is 12.1. The second kappa shape index (κ2) is 5.27. The molecule has 0 unspecified atom stereocenters. The van der Waals surface area contributed by atoms with Crippen LogP contribution in [0, 0.1) is 12.3 Å². The molecule has 0 aliphatic heterocycles. The van der Waals surface area contributed by atoms with Crippen LogP contribution in [-0.4, -0.2) is 10.8 Å². The number of unbranched alkanes of at least 4 members (excludes halogenated alkanes) is 1. The molecule has 0 aliphatic rings. The number of pyridine rings is 1. The molecule has 17 heavy (non-hydrogen) atoms. The summed E-state index contributed by atoms with van der Waals surface area (Å²) in [5.41, 5.74) is 1.39. The van der Waals surface area contributed by atoms with E-state index in [1.54, 1.807) is 6.07 Å². The molecule has 0 N–H and O–H groups in total. The van der Waals surface area contributed by atoms with E-state index >= 15 is 0 Å². The zero-order valence-electron chi connectivity index (χ0n) is 9.52. The van der Waals surface area contributed by atoms with E-state index in [0.29, 0.717) is 18.5 Å². The highest BCUT2D eigenvalue weighted by atomic mass is 16.1. The van der Waals surface area contributed by atoms with Crippen molar-refractivity contribution in [1.82, 2.24) is 4.98 Å². The summed E-state index contributed by atoms with van der Waals surface area (Å²) < 4.78 is 0. The molecule has 2 nitrogen and oxygen atoms in total.